The number of rotatable bonds is 1. The molecule has 4 aliphatic rings. The molecule has 0 saturated heterocycles. The third-order valence-electron chi connectivity index (χ3n) is 7.26. The van der Waals surface area contributed by atoms with Crippen LogP contribution in [0.5, 0.6) is 0 Å². The summed E-state index contributed by atoms with van der Waals surface area (Å²) in [4.78, 5) is 24.3. The van der Waals surface area contributed by atoms with E-state index in [0.29, 0.717) is 49.1 Å². The number of ketones is 2. The maximum absolute atomic E-state index is 12.5. The van der Waals surface area contributed by atoms with Crippen molar-refractivity contribution in [2.75, 3.05) is 0 Å². The second-order valence-electron chi connectivity index (χ2n) is 7.92. The Morgan fingerprint density at radius 2 is 1.95 bits per heavy atom. The highest BCUT2D eigenvalue weighted by atomic mass is 16.3. The first-order chi connectivity index (χ1) is 10.6. The molecule has 0 amide bonds. The van der Waals surface area contributed by atoms with Crippen LogP contribution < -0.4 is 0 Å². The number of carbonyl (C=O) groups is 2. The fourth-order valence-electron chi connectivity index (χ4n) is 6.30. The zero-order valence-corrected chi connectivity index (χ0v) is 13.4. The van der Waals surface area contributed by atoms with Crippen molar-refractivity contribution in [3.05, 3.63) is 11.1 Å². The van der Waals surface area contributed by atoms with Crippen LogP contribution in [0.15, 0.2) is 11.1 Å². The van der Waals surface area contributed by atoms with E-state index in [1.54, 1.807) is 0 Å². The van der Waals surface area contributed by atoms with Crippen LogP contribution in [0.3, 0.4) is 0 Å². The second-order valence-corrected chi connectivity index (χ2v) is 7.92. The number of hydrogen-bond acceptors (Lipinski definition) is 3. The van der Waals surface area contributed by atoms with Gasteiger partial charge in [-0.05, 0) is 50.4 Å². The summed E-state index contributed by atoms with van der Waals surface area (Å²) in [6.45, 7) is 2.12. The zero-order valence-electron chi connectivity index (χ0n) is 13.4. The van der Waals surface area contributed by atoms with Gasteiger partial charge in [0, 0.05) is 30.6 Å². The third-order valence-corrected chi connectivity index (χ3v) is 7.26. The van der Waals surface area contributed by atoms with Gasteiger partial charge in [0.05, 0.1) is 6.10 Å². The second kappa shape index (κ2) is 5.02. The molecule has 1 unspecified atom stereocenters. The molecule has 0 bridgehead atoms. The number of fused-ring (bicyclic) bond motifs is 4. The minimum atomic E-state index is -0.387. The summed E-state index contributed by atoms with van der Waals surface area (Å²) in [6, 6.07) is 0. The van der Waals surface area contributed by atoms with Crippen LogP contribution in [-0.4, -0.2) is 22.8 Å². The summed E-state index contributed by atoms with van der Waals surface area (Å²) in [7, 11) is 0. The molecule has 0 spiro atoms. The fraction of sp³-hybridized carbons (Fsp3) is 0.789. The molecule has 0 aromatic heterocycles. The van der Waals surface area contributed by atoms with Crippen molar-refractivity contribution in [3.63, 3.8) is 0 Å². The van der Waals surface area contributed by atoms with Gasteiger partial charge in [-0.1, -0.05) is 18.1 Å². The summed E-state index contributed by atoms with van der Waals surface area (Å²) < 4.78 is 0. The molecule has 3 heteroatoms. The van der Waals surface area contributed by atoms with Crippen molar-refractivity contribution >= 4 is 11.6 Å². The van der Waals surface area contributed by atoms with E-state index >= 15 is 0 Å². The Morgan fingerprint density at radius 3 is 2.73 bits per heavy atom. The number of Topliss-reactive ketones (excluding diaryl/α,β-unsaturated/α-hetero) is 2. The van der Waals surface area contributed by atoms with Gasteiger partial charge in [-0.2, -0.15) is 0 Å². The van der Waals surface area contributed by atoms with Crippen LogP contribution in [0.25, 0.3) is 0 Å². The first kappa shape index (κ1) is 14.6. The highest BCUT2D eigenvalue weighted by molar-refractivity contribution is 5.87. The summed E-state index contributed by atoms with van der Waals surface area (Å²) in [5.74, 6) is 1.91. The van der Waals surface area contributed by atoms with Crippen LogP contribution >= 0.6 is 0 Å². The molecule has 2 fully saturated rings. The summed E-state index contributed by atoms with van der Waals surface area (Å²) in [5, 5.41) is 10.9. The molecule has 1 N–H and O–H groups in total. The fourth-order valence-corrected chi connectivity index (χ4v) is 6.30. The lowest BCUT2D eigenvalue weighted by Gasteiger charge is -2.52. The molecule has 3 nitrogen and oxygen atoms in total. The Hall–Kier alpha value is -0.960. The molecular weight excluding hydrogens is 276 g/mol. The molecule has 120 valence electrons. The Morgan fingerprint density at radius 1 is 1.14 bits per heavy atom. The average Bonchev–Trinajstić information content (AvgIpc) is 2.84. The van der Waals surface area contributed by atoms with Crippen molar-refractivity contribution < 1.29 is 14.7 Å². The molecule has 4 rings (SSSR count). The van der Waals surface area contributed by atoms with Crippen LogP contribution in [0, 0.1) is 23.2 Å². The van der Waals surface area contributed by atoms with Gasteiger partial charge < -0.3 is 5.11 Å². The zero-order chi connectivity index (χ0) is 15.5. The number of aliphatic hydroxyl groups is 1. The maximum Gasteiger partial charge on any atom is 0.139 e. The van der Waals surface area contributed by atoms with Crippen LogP contribution in [0.1, 0.15) is 64.7 Å². The summed E-state index contributed by atoms with van der Waals surface area (Å²) in [5.41, 5.74) is 2.47. The van der Waals surface area contributed by atoms with E-state index < -0.39 is 0 Å². The molecule has 2 saturated carbocycles. The molecular formula is C19H26O3. The quantitative estimate of drug-likeness (QED) is 0.757. The molecule has 0 aromatic rings. The number of carbonyl (C=O) groups excluding carboxylic acids is 2. The van der Waals surface area contributed by atoms with E-state index in [1.807, 2.05) is 0 Å². The molecule has 5 atom stereocenters. The minimum Gasteiger partial charge on any atom is -0.392 e. The molecule has 4 aliphatic carbocycles. The third kappa shape index (κ3) is 1.84. The normalized spacial score (nSPS) is 44.6. The minimum absolute atomic E-state index is 0.229. The Labute approximate surface area is 132 Å². The highest BCUT2D eigenvalue weighted by Crippen LogP contribution is 2.61. The standard InChI is InChI=1S/C19H26O3/c1-2-19-10-16(21)18-13-6-4-12(20)9-11(13)3-5-14(18)15(19)7-8-17(19)22/h14-16,18,21H,2-10H2,1H3/t14-,15-,16?,18+,19-/m0/s1. The van der Waals surface area contributed by atoms with Crippen LogP contribution in [0.4, 0.5) is 0 Å². The van der Waals surface area contributed by atoms with Gasteiger partial charge in [0.25, 0.3) is 0 Å². The van der Waals surface area contributed by atoms with E-state index in [9.17, 15) is 14.7 Å². The predicted molar refractivity (Wildman–Crippen MR) is 83.2 cm³/mol. The lowest BCUT2D eigenvalue weighted by Crippen LogP contribution is -2.51. The SMILES string of the molecule is CC[C@]12CC(O)[C@@H]3C4=C(CC[C@H]3[C@@H]1CCC2=O)CC(=O)CC4. The topological polar surface area (TPSA) is 54.4 Å². The Bertz CT molecular complexity index is 561. The number of aliphatic hydroxyl groups excluding tert-OH is 1. The largest absolute Gasteiger partial charge is 0.392 e. The lowest BCUT2D eigenvalue weighted by molar-refractivity contribution is -0.138. The van der Waals surface area contributed by atoms with Gasteiger partial charge in [0.15, 0.2) is 0 Å². The van der Waals surface area contributed by atoms with E-state index in [4.69, 9.17) is 0 Å². The average molecular weight is 302 g/mol. The smallest absolute Gasteiger partial charge is 0.139 e. The molecule has 0 radical (unpaired) electrons. The van der Waals surface area contributed by atoms with Gasteiger partial charge in [-0.15, -0.1) is 0 Å². The van der Waals surface area contributed by atoms with E-state index in [1.165, 1.54) is 11.1 Å². The number of hydrogen-bond donors (Lipinski definition) is 1. The van der Waals surface area contributed by atoms with Gasteiger partial charge in [-0.3, -0.25) is 9.59 Å². The van der Waals surface area contributed by atoms with Crippen molar-refractivity contribution in [1.29, 1.82) is 0 Å². The van der Waals surface area contributed by atoms with Gasteiger partial charge >= 0.3 is 0 Å². The van der Waals surface area contributed by atoms with E-state index in [2.05, 4.69) is 6.92 Å². The van der Waals surface area contributed by atoms with E-state index in [-0.39, 0.29) is 17.4 Å². The summed E-state index contributed by atoms with van der Waals surface area (Å²) >= 11 is 0. The first-order valence-corrected chi connectivity index (χ1v) is 9.00. The monoisotopic (exact) mass is 302 g/mol. The predicted octanol–water partition coefficient (Wildman–Crippen LogP) is 3.20. The van der Waals surface area contributed by atoms with Crippen molar-refractivity contribution in [2.24, 2.45) is 23.2 Å². The van der Waals surface area contributed by atoms with Crippen molar-refractivity contribution in [3.8, 4) is 0 Å². The Balaban J connectivity index is 1.72. The maximum atomic E-state index is 12.5. The van der Waals surface area contributed by atoms with Crippen LogP contribution in [-0.2, 0) is 9.59 Å². The number of allylic oxidation sites excluding steroid dienone is 1. The molecule has 0 aromatic carbocycles. The first-order valence-electron chi connectivity index (χ1n) is 9.00. The van der Waals surface area contributed by atoms with Crippen molar-refractivity contribution in [1.82, 2.24) is 0 Å². The van der Waals surface area contributed by atoms with Crippen LogP contribution in [0.2, 0.25) is 0 Å². The molecule has 0 aliphatic heterocycles. The molecule has 22 heavy (non-hydrogen) atoms. The van der Waals surface area contributed by atoms with Crippen molar-refractivity contribution in [2.45, 2.75) is 70.8 Å². The van der Waals surface area contributed by atoms with Gasteiger partial charge in [-0.25, -0.2) is 0 Å². The lowest BCUT2D eigenvalue weighted by atomic mass is 9.52. The van der Waals surface area contributed by atoms with E-state index in [0.717, 1.165) is 32.1 Å². The van der Waals surface area contributed by atoms with Gasteiger partial charge in [0.2, 0.25) is 0 Å². The van der Waals surface area contributed by atoms with Gasteiger partial charge in [0.1, 0.15) is 11.6 Å². The Kier molecular flexibility index (Phi) is 3.34. The summed E-state index contributed by atoms with van der Waals surface area (Å²) in [6.07, 6.45) is 7.06. The highest BCUT2D eigenvalue weighted by Gasteiger charge is 2.59. The molecule has 0 heterocycles.